The molecule has 4 heteroatoms. The zero-order valence-electron chi connectivity index (χ0n) is 1.01. The monoisotopic (exact) mass is 539 g/mol. The Morgan fingerprint density at radius 2 is 1.00 bits per heavy atom. The van der Waals surface area contributed by atoms with E-state index in [2.05, 4.69) is 0 Å². The van der Waals surface area contributed by atoms with Crippen molar-refractivity contribution in [1.29, 1.82) is 0 Å². The molecular weight excluding hydrogens is 532 g/mol. The van der Waals surface area contributed by atoms with Crippen LogP contribution in [-0.2, 0) is 22.4 Å². The van der Waals surface area contributed by atoms with E-state index >= 15 is 0 Å². The van der Waals surface area contributed by atoms with Crippen molar-refractivity contribution in [1.82, 2.24) is 0 Å². The summed E-state index contributed by atoms with van der Waals surface area (Å²) in [6.45, 7) is 0. The van der Waals surface area contributed by atoms with Crippen LogP contribution in [0.2, 0.25) is 0 Å². The first-order valence-corrected chi connectivity index (χ1v) is 0. The molecule has 0 saturated carbocycles. The van der Waals surface area contributed by atoms with Crippen LogP contribution >= 0.6 is 0 Å². The summed E-state index contributed by atoms with van der Waals surface area (Å²) in [5.41, 5.74) is 0. The average molecular weight is 538 g/mol. The van der Waals surface area contributed by atoms with E-state index in [1.54, 1.807) is 0 Å². The zero-order chi connectivity index (χ0) is 0. The maximum absolute atomic E-state index is 0. The van der Waals surface area contributed by atoms with Gasteiger partial charge in [0, 0.05) is 22.4 Å². The Hall–Kier alpha value is 4.40. The maximum atomic E-state index is 0. The Balaban J connectivity index is 0. The quantitative estimate of drug-likeness (QED) is 0.294. The van der Waals surface area contributed by atoms with Crippen molar-refractivity contribution >= 4 is 111 Å². The van der Waals surface area contributed by atoms with E-state index in [4.69, 9.17) is 0 Å². The molecule has 3 radical (unpaired) electrons. The molecule has 0 amide bonds. The molecular formula is H6AuCaPbSr. The fourth-order valence-corrected chi connectivity index (χ4v) is 0. The average Bonchev–Trinajstić information content (AvgIpc) is 0. The van der Waals surface area contributed by atoms with Gasteiger partial charge >= 0.3 is 111 Å². The van der Waals surface area contributed by atoms with Crippen molar-refractivity contribution in [2.75, 3.05) is 0 Å². The molecule has 0 spiro atoms. The molecule has 0 atom stereocenters. The van der Waals surface area contributed by atoms with Crippen LogP contribution in [0.25, 0.3) is 0 Å². The third kappa shape index (κ3) is 9.64. The van der Waals surface area contributed by atoms with E-state index in [-0.39, 0.29) is 133 Å². The van der Waals surface area contributed by atoms with Crippen molar-refractivity contribution in [2.24, 2.45) is 0 Å². The number of rotatable bonds is 0. The van der Waals surface area contributed by atoms with E-state index < -0.39 is 0 Å². The minimum atomic E-state index is 0. The second kappa shape index (κ2) is 15.7. The van der Waals surface area contributed by atoms with Gasteiger partial charge in [-0.25, -0.2) is 0 Å². The fourth-order valence-electron chi connectivity index (χ4n) is 0. The van der Waals surface area contributed by atoms with E-state index in [0.717, 1.165) is 0 Å². The molecule has 4 heavy (non-hydrogen) atoms. The molecule has 0 aromatic carbocycles. The predicted molar refractivity (Wildman–Crippen MR) is 25.6 cm³/mol. The Kier molecular flexibility index (Phi) is 93.0. The van der Waals surface area contributed by atoms with Crippen molar-refractivity contribution < 1.29 is 22.4 Å². The van der Waals surface area contributed by atoms with Gasteiger partial charge < -0.3 is 0 Å². The second-order valence-corrected chi connectivity index (χ2v) is 0. The summed E-state index contributed by atoms with van der Waals surface area (Å²) in [6, 6.07) is 0. The van der Waals surface area contributed by atoms with Crippen LogP contribution in [0, 0.1) is 0 Å². The summed E-state index contributed by atoms with van der Waals surface area (Å²) in [5.74, 6) is 0. The molecule has 0 bridgehead atoms. The Morgan fingerprint density at radius 3 is 1.00 bits per heavy atom. The van der Waals surface area contributed by atoms with Gasteiger partial charge in [-0.2, -0.15) is 0 Å². The van der Waals surface area contributed by atoms with Crippen molar-refractivity contribution in [3.05, 3.63) is 0 Å². The van der Waals surface area contributed by atoms with Gasteiger partial charge in [-0.3, -0.25) is 0 Å². The molecule has 0 aliphatic carbocycles. The van der Waals surface area contributed by atoms with Gasteiger partial charge in [-0.15, -0.1) is 0 Å². The fraction of sp³-hybridized carbons (Fsp3) is 0. The molecule has 0 fully saturated rings. The SMILES string of the molecule is [Au].[CaH2].[PbH2].[SrH2]. The molecule has 0 nitrogen and oxygen atoms in total. The summed E-state index contributed by atoms with van der Waals surface area (Å²) >= 11 is 0. The van der Waals surface area contributed by atoms with Crippen molar-refractivity contribution in [3.8, 4) is 0 Å². The molecule has 0 rings (SSSR count). The summed E-state index contributed by atoms with van der Waals surface area (Å²) in [4.78, 5) is 0. The summed E-state index contributed by atoms with van der Waals surface area (Å²) in [5, 5.41) is 0. The molecule has 0 unspecified atom stereocenters. The summed E-state index contributed by atoms with van der Waals surface area (Å²) in [6.07, 6.45) is 0. The van der Waals surface area contributed by atoms with Gasteiger partial charge in [0.2, 0.25) is 0 Å². The van der Waals surface area contributed by atoms with Gasteiger partial charge in [0.05, 0.1) is 0 Å². The van der Waals surface area contributed by atoms with Crippen LogP contribution in [0.3, 0.4) is 0 Å². The molecule has 0 heterocycles. The van der Waals surface area contributed by atoms with Crippen LogP contribution in [0.1, 0.15) is 0 Å². The molecule has 0 aromatic heterocycles. The van der Waals surface area contributed by atoms with Gasteiger partial charge in [-0.05, 0) is 0 Å². The van der Waals surface area contributed by atoms with Crippen molar-refractivity contribution in [3.63, 3.8) is 0 Å². The topological polar surface area (TPSA) is 0 Å². The first-order chi connectivity index (χ1) is 0. The van der Waals surface area contributed by atoms with E-state index in [1.165, 1.54) is 0 Å². The standard InChI is InChI=1S/Au.Ca.Pb.Sr.6H. The minimum absolute atomic E-state index is 0. The normalized spacial score (nSPS) is 0. The number of hydrogen-bond donors (Lipinski definition) is 0. The van der Waals surface area contributed by atoms with Gasteiger partial charge in [0.15, 0.2) is 0 Å². The van der Waals surface area contributed by atoms with E-state index in [1.807, 2.05) is 0 Å². The van der Waals surface area contributed by atoms with Crippen LogP contribution in [-0.4, -0.2) is 111 Å². The van der Waals surface area contributed by atoms with E-state index in [9.17, 15) is 0 Å². The van der Waals surface area contributed by atoms with Gasteiger partial charge in [0.1, 0.15) is 0 Å². The first-order valence-electron chi connectivity index (χ1n) is 0. The first kappa shape index (κ1) is 23.8. The third-order valence-corrected chi connectivity index (χ3v) is 0. The van der Waals surface area contributed by atoms with Crippen LogP contribution in [0.15, 0.2) is 0 Å². The third-order valence-electron chi connectivity index (χ3n) is 0. The Bertz CT molecular complexity index is 8.00. The van der Waals surface area contributed by atoms with E-state index in [0.29, 0.717) is 0 Å². The zero-order valence-corrected chi connectivity index (χ0v) is 8.67. The van der Waals surface area contributed by atoms with Crippen LogP contribution in [0.5, 0.6) is 0 Å². The van der Waals surface area contributed by atoms with Crippen LogP contribution < -0.4 is 0 Å². The molecule has 25 valence electrons. The molecule has 0 N–H and O–H groups in total. The molecule has 0 aliphatic rings. The van der Waals surface area contributed by atoms with Gasteiger partial charge in [-0.1, -0.05) is 0 Å². The molecule has 0 aliphatic heterocycles. The second-order valence-electron chi connectivity index (χ2n) is 0. The molecule has 0 aromatic rings. The Morgan fingerprint density at radius 1 is 1.00 bits per heavy atom. The Labute approximate surface area is 129 Å². The van der Waals surface area contributed by atoms with Crippen molar-refractivity contribution in [2.45, 2.75) is 0 Å². The van der Waals surface area contributed by atoms with Crippen LogP contribution in [0.4, 0.5) is 0 Å². The number of hydrogen-bond acceptors (Lipinski definition) is 0. The predicted octanol–water partition coefficient (Wildman–Crippen LogP) is -2.75. The summed E-state index contributed by atoms with van der Waals surface area (Å²) in [7, 11) is 0. The summed E-state index contributed by atoms with van der Waals surface area (Å²) < 4.78 is 0. The van der Waals surface area contributed by atoms with Gasteiger partial charge in [0.25, 0.3) is 0 Å². The molecule has 0 saturated heterocycles.